The first-order valence-corrected chi connectivity index (χ1v) is 3.84. The third-order valence-electron chi connectivity index (χ3n) is 1.56. The lowest BCUT2D eigenvalue weighted by Crippen LogP contribution is -2.36. The molecule has 0 fully saturated rings. The molecule has 76 valence electrons. The van der Waals surface area contributed by atoms with E-state index in [1.54, 1.807) is 0 Å². The number of ketones is 1. The van der Waals surface area contributed by atoms with Crippen molar-refractivity contribution in [2.75, 3.05) is 5.73 Å². The first-order chi connectivity index (χ1) is 8.93. The molecular formula is C10H14N2O2. The minimum Gasteiger partial charge on any atom is -0.476 e. The number of carbonyl (C=O) groups is 1. The van der Waals surface area contributed by atoms with E-state index >= 15 is 0 Å². The van der Waals surface area contributed by atoms with Crippen molar-refractivity contribution in [2.45, 2.75) is 26.2 Å². The molecule has 4 heteroatoms. The number of carbonyl (C=O) groups excluding carboxylic acids is 1. The van der Waals surface area contributed by atoms with E-state index in [2.05, 4.69) is 4.98 Å². The zero-order valence-corrected chi connectivity index (χ0v) is 7.57. The summed E-state index contributed by atoms with van der Waals surface area (Å²) >= 11 is 0. The van der Waals surface area contributed by atoms with Crippen molar-refractivity contribution < 1.29 is 17.8 Å². The SMILES string of the molecule is [2H]C([2H])([2H])C(Oc1cccnc1N)(C(C)=O)C([2H])([2H])[2H]. The minimum atomic E-state index is -3.20. The van der Waals surface area contributed by atoms with Crippen molar-refractivity contribution in [1.82, 2.24) is 4.98 Å². The zero-order chi connectivity index (χ0) is 15.8. The van der Waals surface area contributed by atoms with E-state index in [9.17, 15) is 4.79 Å². The molecule has 14 heavy (non-hydrogen) atoms. The van der Waals surface area contributed by atoms with Crippen LogP contribution in [0, 0.1) is 0 Å². The Kier molecular flexibility index (Phi) is 1.25. The zero-order valence-electron chi connectivity index (χ0n) is 13.6. The number of nitrogens with zero attached hydrogens (tertiary/aromatic N) is 1. The number of ether oxygens (including phenoxy) is 1. The van der Waals surface area contributed by atoms with Gasteiger partial charge in [0.1, 0.15) is 0 Å². The van der Waals surface area contributed by atoms with E-state index in [1.165, 1.54) is 18.3 Å². The second-order valence-corrected chi connectivity index (χ2v) is 2.73. The maximum Gasteiger partial charge on any atom is 0.172 e. The fourth-order valence-corrected chi connectivity index (χ4v) is 0.726. The quantitative estimate of drug-likeness (QED) is 0.801. The Morgan fingerprint density at radius 3 is 2.93 bits per heavy atom. The average Bonchev–Trinajstić information content (AvgIpc) is 2.23. The van der Waals surface area contributed by atoms with Gasteiger partial charge in [0.15, 0.2) is 23.0 Å². The molecule has 1 aromatic rings. The van der Waals surface area contributed by atoms with Crippen LogP contribution in [0.25, 0.3) is 0 Å². The fraction of sp³-hybridized carbons (Fsp3) is 0.400. The number of aromatic nitrogens is 1. The smallest absolute Gasteiger partial charge is 0.172 e. The van der Waals surface area contributed by atoms with Crippen LogP contribution < -0.4 is 10.5 Å². The highest BCUT2D eigenvalue weighted by atomic mass is 16.5. The normalized spacial score (nSPS) is 19.2. The predicted octanol–water partition coefficient (Wildman–Crippen LogP) is 1.41. The van der Waals surface area contributed by atoms with E-state index in [-0.39, 0.29) is 11.6 Å². The van der Waals surface area contributed by atoms with E-state index in [1.807, 2.05) is 0 Å². The van der Waals surface area contributed by atoms with Crippen LogP contribution in [0.1, 0.15) is 28.9 Å². The molecule has 0 spiro atoms. The summed E-state index contributed by atoms with van der Waals surface area (Å²) in [6.07, 6.45) is 1.32. The monoisotopic (exact) mass is 200 g/mol. The van der Waals surface area contributed by atoms with Crippen LogP contribution in [0.2, 0.25) is 0 Å². The van der Waals surface area contributed by atoms with E-state index in [0.29, 0.717) is 0 Å². The van der Waals surface area contributed by atoms with Gasteiger partial charge in [-0.25, -0.2) is 4.98 Å². The molecular weight excluding hydrogens is 180 g/mol. The van der Waals surface area contributed by atoms with Gasteiger partial charge in [-0.05, 0) is 32.8 Å². The predicted molar refractivity (Wildman–Crippen MR) is 54.0 cm³/mol. The van der Waals surface area contributed by atoms with E-state index < -0.39 is 25.1 Å². The van der Waals surface area contributed by atoms with Crippen LogP contribution in [0.5, 0.6) is 5.75 Å². The van der Waals surface area contributed by atoms with Gasteiger partial charge in [0.25, 0.3) is 0 Å². The maximum atomic E-state index is 11.8. The lowest BCUT2D eigenvalue weighted by Gasteiger charge is -2.23. The van der Waals surface area contributed by atoms with Crippen molar-refractivity contribution >= 4 is 11.6 Å². The highest BCUT2D eigenvalue weighted by Crippen LogP contribution is 2.23. The molecule has 0 amide bonds. The molecule has 4 nitrogen and oxygen atoms in total. The second-order valence-electron chi connectivity index (χ2n) is 2.73. The topological polar surface area (TPSA) is 65.2 Å². The van der Waals surface area contributed by atoms with E-state index in [4.69, 9.17) is 18.7 Å². The molecule has 1 aromatic heterocycles. The van der Waals surface area contributed by atoms with Gasteiger partial charge >= 0.3 is 0 Å². The Balaban J connectivity index is 3.47. The number of pyridine rings is 1. The number of hydrogen-bond acceptors (Lipinski definition) is 4. The number of nitrogen functional groups attached to an aromatic ring is 1. The maximum absolute atomic E-state index is 11.8. The second kappa shape index (κ2) is 3.65. The van der Waals surface area contributed by atoms with Crippen LogP contribution in [-0.2, 0) is 4.79 Å². The van der Waals surface area contributed by atoms with Crippen molar-refractivity contribution in [3.63, 3.8) is 0 Å². The lowest BCUT2D eigenvalue weighted by molar-refractivity contribution is -0.129. The van der Waals surface area contributed by atoms with Crippen LogP contribution >= 0.6 is 0 Å². The van der Waals surface area contributed by atoms with Gasteiger partial charge in [-0.2, -0.15) is 0 Å². The molecule has 0 bridgehead atoms. The summed E-state index contributed by atoms with van der Waals surface area (Å²) in [6.45, 7) is -5.55. The molecule has 0 aromatic carbocycles. The van der Waals surface area contributed by atoms with Gasteiger partial charge in [-0.3, -0.25) is 4.79 Å². The van der Waals surface area contributed by atoms with Crippen molar-refractivity contribution in [3.8, 4) is 5.75 Å². The molecule has 0 aliphatic carbocycles. The summed E-state index contributed by atoms with van der Waals surface area (Å²) in [5, 5.41) is 0. The summed E-state index contributed by atoms with van der Waals surface area (Å²) < 4.78 is 49.5. The summed E-state index contributed by atoms with van der Waals surface area (Å²) in [6, 6.07) is 2.63. The van der Waals surface area contributed by atoms with Crippen LogP contribution in [0.3, 0.4) is 0 Å². The number of nitrogens with two attached hydrogens (primary N) is 1. The minimum absolute atomic E-state index is 0.202. The number of rotatable bonds is 3. The Bertz CT molecular complexity index is 497. The average molecular weight is 200 g/mol. The molecule has 1 rings (SSSR count). The molecule has 0 atom stereocenters. The lowest BCUT2D eigenvalue weighted by atomic mass is 10.1. The highest BCUT2D eigenvalue weighted by molar-refractivity contribution is 5.84. The Hall–Kier alpha value is -1.58. The largest absolute Gasteiger partial charge is 0.476 e. The third kappa shape index (κ3) is 2.22. The summed E-state index contributed by atoms with van der Waals surface area (Å²) in [4.78, 5) is 15.4. The summed E-state index contributed by atoms with van der Waals surface area (Å²) in [5.74, 6) is -1.61. The molecule has 0 unspecified atom stereocenters. The first kappa shape index (κ1) is 4.77. The van der Waals surface area contributed by atoms with Crippen LogP contribution in [0.15, 0.2) is 18.3 Å². The highest BCUT2D eigenvalue weighted by Gasteiger charge is 2.26. The number of anilines is 1. The molecule has 0 saturated carbocycles. The Labute approximate surface area is 91.5 Å². The van der Waals surface area contributed by atoms with Crippen molar-refractivity contribution in [2.24, 2.45) is 0 Å². The van der Waals surface area contributed by atoms with Gasteiger partial charge in [0, 0.05) is 14.4 Å². The first-order valence-electron chi connectivity index (χ1n) is 6.84. The third-order valence-corrected chi connectivity index (χ3v) is 1.56. The van der Waals surface area contributed by atoms with Gasteiger partial charge in [0.05, 0.1) is 0 Å². The molecule has 0 aliphatic rings. The molecule has 2 N–H and O–H groups in total. The van der Waals surface area contributed by atoms with Crippen molar-refractivity contribution in [1.29, 1.82) is 0 Å². The fourth-order valence-electron chi connectivity index (χ4n) is 0.726. The summed E-state index contributed by atoms with van der Waals surface area (Å²) in [5.41, 5.74) is 2.51. The van der Waals surface area contributed by atoms with Crippen LogP contribution in [0.4, 0.5) is 5.82 Å². The standard InChI is InChI=1S/C10H14N2O2/c1-7(13)10(2,3)14-8-5-4-6-12-9(8)11/h4-6H,1-3H3,(H2,11,12)/i2D3,3D3. The van der Waals surface area contributed by atoms with Crippen LogP contribution in [-0.4, -0.2) is 16.4 Å². The molecule has 0 saturated heterocycles. The van der Waals surface area contributed by atoms with Gasteiger partial charge in [0.2, 0.25) is 0 Å². The Morgan fingerprint density at radius 1 is 1.71 bits per heavy atom. The Morgan fingerprint density at radius 2 is 2.43 bits per heavy atom. The van der Waals surface area contributed by atoms with Gasteiger partial charge < -0.3 is 10.5 Å². The molecule has 0 radical (unpaired) electrons. The summed E-state index contributed by atoms with van der Waals surface area (Å²) in [7, 11) is 0. The molecule has 0 aliphatic heterocycles. The number of Topliss-reactive ketones (excluding diaryl/α,β-unsaturated/α-hetero) is 1. The van der Waals surface area contributed by atoms with Gasteiger partial charge in [-0.1, -0.05) is 0 Å². The van der Waals surface area contributed by atoms with Crippen molar-refractivity contribution in [3.05, 3.63) is 18.3 Å². The van der Waals surface area contributed by atoms with Gasteiger partial charge in [-0.15, -0.1) is 0 Å². The molecule has 1 heterocycles. The number of hydrogen-bond donors (Lipinski definition) is 1. The van der Waals surface area contributed by atoms with E-state index in [0.717, 1.165) is 6.92 Å².